The first-order valence-electron chi connectivity index (χ1n) is 4.72. The number of hydrogen-bond acceptors (Lipinski definition) is 2. The molecule has 0 aliphatic heterocycles. The van der Waals surface area contributed by atoms with Gasteiger partial charge in [-0.15, -0.1) is 0 Å². The standard InChI is InChI=1S/C10H20BrNO/c1-5-13-7-10(8(2)3)12-6-9(4)11/h8,10,12H,4-7H2,1-3H3. The molecule has 3 heteroatoms. The summed E-state index contributed by atoms with van der Waals surface area (Å²) in [6.45, 7) is 12.5. The minimum Gasteiger partial charge on any atom is -0.380 e. The highest BCUT2D eigenvalue weighted by molar-refractivity contribution is 9.11. The summed E-state index contributed by atoms with van der Waals surface area (Å²) < 4.78 is 6.36. The fraction of sp³-hybridized carbons (Fsp3) is 0.800. The predicted octanol–water partition coefficient (Wildman–Crippen LogP) is 2.55. The minimum atomic E-state index is 0.411. The van der Waals surface area contributed by atoms with Gasteiger partial charge in [0.2, 0.25) is 0 Å². The van der Waals surface area contributed by atoms with E-state index in [1.165, 1.54) is 0 Å². The van der Waals surface area contributed by atoms with Crippen LogP contribution in [0.4, 0.5) is 0 Å². The van der Waals surface area contributed by atoms with Crippen molar-refractivity contribution < 1.29 is 4.74 Å². The van der Waals surface area contributed by atoms with E-state index in [9.17, 15) is 0 Å². The molecule has 0 aromatic rings. The Kier molecular flexibility index (Phi) is 7.62. The van der Waals surface area contributed by atoms with E-state index in [-0.39, 0.29) is 0 Å². The van der Waals surface area contributed by atoms with E-state index in [0.29, 0.717) is 12.0 Å². The summed E-state index contributed by atoms with van der Waals surface area (Å²) in [7, 11) is 0. The fourth-order valence-electron chi connectivity index (χ4n) is 0.974. The molecule has 0 rings (SSSR count). The first-order chi connectivity index (χ1) is 6.07. The third-order valence-electron chi connectivity index (χ3n) is 1.86. The molecule has 0 fully saturated rings. The van der Waals surface area contributed by atoms with Crippen molar-refractivity contribution in [1.29, 1.82) is 0 Å². The van der Waals surface area contributed by atoms with Crippen LogP contribution in [0.15, 0.2) is 11.1 Å². The van der Waals surface area contributed by atoms with Crippen LogP contribution in [0.1, 0.15) is 20.8 Å². The summed E-state index contributed by atoms with van der Waals surface area (Å²) >= 11 is 3.32. The van der Waals surface area contributed by atoms with Gasteiger partial charge in [0.05, 0.1) is 6.61 Å². The average Bonchev–Trinajstić information content (AvgIpc) is 2.03. The lowest BCUT2D eigenvalue weighted by molar-refractivity contribution is 0.110. The van der Waals surface area contributed by atoms with E-state index in [4.69, 9.17) is 4.74 Å². The van der Waals surface area contributed by atoms with Crippen molar-refractivity contribution in [1.82, 2.24) is 5.32 Å². The highest BCUT2D eigenvalue weighted by Gasteiger charge is 2.12. The molecule has 1 N–H and O–H groups in total. The fourth-order valence-corrected chi connectivity index (χ4v) is 1.14. The molecule has 0 radical (unpaired) electrons. The van der Waals surface area contributed by atoms with E-state index in [2.05, 4.69) is 41.7 Å². The maximum atomic E-state index is 5.38. The molecule has 0 amide bonds. The smallest absolute Gasteiger partial charge is 0.0622 e. The lowest BCUT2D eigenvalue weighted by Crippen LogP contribution is -2.38. The Labute approximate surface area is 89.9 Å². The summed E-state index contributed by atoms with van der Waals surface area (Å²) in [5, 5.41) is 3.38. The molecule has 2 nitrogen and oxygen atoms in total. The van der Waals surface area contributed by atoms with Gasteiger partial charge in [0, 0.05) is 23.7 Å². The molecule has 1 atom stereocenters. The van der Waals surface area contributed by atoms with Crippen LogP contribution in [-0.4, -0.2) is 25.8 Å². The molecule has 0 aliphatic carbocycles. The van der Waals surface area contributed by atoms with Crippen LogP contribution >= 0.6 is 15.9 Å². The van der Waals surface area contributed by atoms with Crippen LogP contribution in [-0.2, 0) is 4.74 Å². The van der Waals surface area contributed by atoms with Crippen molar-refractivity contribution >= 4 is 15.9 Å². The molecule has 13 heavy (non-hydrogen) atoms. The number of halogens is 1. The van der Waals surface area contributed by atoms with Crippen molar-refractivity contribution in [3.63, 3.8) is 0 Å². The van der Waals surface area contributed by atoms with Gasteiger partial charge in [-0.05, 0) is 12.8 Å². The molecule has 0 spiro atoms. The van der Waals surface area contributed by atoms with E-state index in [1.807, 2.05) is 6.92 Å². The van der Waals surface area contributed by atoms with Gasteiger partial charge < -0.3 is 10.1 Å². The van der Waals surface area contributed by atoms with Gasteiger partial charge in [0.1, 0.15) is 0 Å². The van der Waals surface area contributed by atoms with Crippen molar-refractivity contribution in [3.05, 3.63) is 11.1 Å². The van der Waals surface area contributed by atoms with Crippen molar-refractivity contribution in [3.8, 4) is 0 Å². The minimum absolute atomic E-state index is 0.411. The van der Waals surface area contributed by atoms with E-state index < -0.39 is 0 Å². The van der Waals surface area contributed by atoms with Crippen molar-refractivity contribution in [2.45, 2.75) is 26.8 Å². The lowest BCUT2D eigenvalue weighted by atomic mass is 10.1. The monoisotopic (exact) mass is 249 g/mol. The largest absolute Gasteiger partial charge is 0.380 e. The molecule has 0 aromatic heterocycles. The zero-order valence-electron chi connectivity index (χ0n) is 8.77. The highest BCUT2D eigenvalue weighted by Crippen LogP contribution is 2.04. The third kappa shape index (κ3) is 7.23. The Morgan fingerprint density at radius 1 is 1.54 bits per heavy atom. The van der Waals surface area contributed by atoms with Crippen LogP contribution in [0.2, 0.25) is 0 Å². The van der Waals surface area contributed by atoms with Gasteiger partial charge in [-0.3, -0.25) is 0 Å². The van der Waals surface area contributed by atoms with Crippen molar-refractivity contribution in [2.24, 2.45) is 5.92 Å². The Bertz CT molecular complexity index is 148. The van der Waals surface area contributed by atoms with E-state index in [0.717, 1.165) is 24.2 Å². The summed E-state index contributed by atoms with van der Waals surface area (Å²) in [4.78, 5) is 0. The highest BCUT2D eigenvalue weighted by atomic mass is 79.9. The topological polar surface area (TPSA) is 21.3 Å². The molecule has 0 aromatic carbocycles. The molecular weight excluding hydrogens is 230 g/mol. The molecule has 0 bridgehead atoms. The van der Waals surface area contributed by atoms with Crippen LogP contribution in [0.25, 0.3) is 0 Å². The summed E-state index contributed by atoms with van der Waals surface area (Å²) in [5.74, 6) is 0.582. The van der Waals surface area contributed by atoms with Gasteiger partial charge in [-0.1, -0.05) is 36.4 Å². The Morgan fingerprint density at radius 2 is 2.15 bits per heavy atom. The first kappa shape index (κ1) is 13.1. The van der Waals surface area contributed by atoms with Gasteiger partial charge in [0.25, 0.3) is 0 Å². The maximum absolute atomic E-state index is 5.38. The van der Waals surface area contributed by atoms with Crippen LogP contribution in [0.5, 0.6) is 0 Å². The van der Waals surface area contributed by atoms with Gasteiger partial charge >= 0.3 is 0 Å². The van der Waals surface area contributed by atoms with E-state index >= 15 is 0 Å². The number of nitrogens with one attached hydrogen (secondary N) is 1. The van der Waals surface area contributed by atoms with E-state index in [1.54, 1.807) is 0 Å². The Morgan fingerprint density at radius 3 is 2.54 bits per heavy atom. The third-order valence-corrected chi connectivity index (χ3v) is 2.14. The number of rotatable bonds is 7. The summed E-state index contributed by atoms with van der Waals surface area (Å²) in [5.41, 5.74) is 0. The SMILES string of the molecule is C=C(Br)CNC(COCC)C(C)C. The van der Waals surface area contributed by atoms with Crippen LogP contribution in [0.3, 0.4) is 0 Å². The Balaban J connectivity index is 3.73. The molecule has 0 aliphatic rings. The van der Waals surface area contributed by atoms with Crippen molar-refractivity contribution in [2.75, 3.05) is 19.8 Å². The molecule has 0 saturated heterocycles. The molecule has 78 valence electrons. The molecular formula is C10H20BrNO. The quantitative estimate of drug-likeness (QED) is 0.749. The summed E-state index contributed by atoms with van der Waals surface area (Å²) in [6.07, 6.45) is 0. The van der Waals surface area contributed by atoms with Gasteiger partial charge in [-0.25, -0.2) is 0 Å². The molecule has 1 unspecified atom stereocenters. The second kappa shape index (κ2) is 7.54. The van der Waals surface area contributed by atoms with Gasteiger partial charge in [-0.2, -0.15) is 0 Å². The Hall–Kier alpha value is 0.140. The lowest BCUT2D eigenvalue weighted by Gasteiger charge is -2.21. The van der Waals surface area contributed by atoms with Crippen LogP contribution < -0.4 is 5.32 Å². The maximum Gasteiger partial charge on any atom is 0.0622 e. The number of ether oxygens (including phenoxy) is 1. The molecule has 0 heterocycles. The predicted molar refractivity (Wildman–Crippen MR) is 61.2 cm³/mol. The second-order valence-corrected chi connectivity index (χ2v) is 4.53. The zero-order valence-corrected chi connectivity index (χ0v) is 10.4. The first-order valence-corrected chi connectivity index (χ1v) is 5.51. The zero-order chi connectivity index (χ0) is 10.3. The van der Waals surface area contributed by atoms with Crippen LogP contribution in [0, 0.1) is 5.92 Å². The molecule has 0 saturated carbocycles. The normalized spacial score (nSPS) is 13.3. The average molecular weight is 250 g/mol. The second-order valence-electron chi connectivity index (χ2n) is 3.41. The number of hydrogen-bond donors (Lipinski definition) is 1. The van der Waals surface area contributed by atoms with Gasteiger partial charge in [0.15, 0.2) is 0 Å². The summed E-state index contributed by atoms with van der Waals surface area (Å²) in [6, 6.07) is 0.411.